The number of H-pyrrole nitrogens is 2. The maximum atomic E-state index is 15.1. The number of carboxylic acids is 1. The number of carboxylic acid groups (broad SMARTS) is 1. The second kappa shape index (κ2) is 36.8. The van der Waals surface area contributed by atoms with Crippen LogP contribution >= 0.6 is 0 Å². The van der Waals surface area contributed by atoms with E-state index in [0.29, 0.717) is 39.7 Å². The molecule has 7 unspecified atom stereocenters. The molecule has 8 rings (SSSR count). The number of aliphatic imine (C=N–C) groups is 1. The first-order chi connectivity index (χ1) is 47.7. The van der Waals surface area contributed by atoms with Crippen LogP contribution in [-0.2, 0) is 83.2 Å². The van der Waals surface area contributed by atoms with Gasteiger partial charge in [0.05, 0.1) is 19.5 Å². The van der Waals surface area contributed by atoms with Gasteiger partial charge in [-0.15, -0.1) is 0 Å². The highest BCUT2D eigenvalue weighted by molar-refractivity contribution is 6.00. The molecule has 2 aliphatic heterocycles. The van der Waals surface area contributed by atoms with Crippen LogP contribution in [0.15, 0.2) is 115 Å². The molecule has 9 atom stereocenters. The number of guanidine groups is 1. The van der Waals surface area contributed by atoms with Crippen LogP contribution in [0.1, 0.15) is 88.1 Å². The number of likely N-dealkylation sites (tertiary alicyclic amines) is 1. The van der Waals surface area contributed by atoms with E-state index in [1.807, 2.05) is 36.4 Å². The van der Waals surface area contributed by atoms with Crippen molar-refractivity contribution in [1.82, 2.24) is 67.7 Å². The normalized spacial score (nSPS) is 16.1. The minimum Gasteiger partial charge on any atom is -0.508 e. The lowest BCUT2D eigenvalue weighted by molar-refractivity contribution is -0.142. The number of benzene rings is 4. The quantitative estimate of drug-likeness (QED) is 0.0126. The highest BCUT2D eigenvalue weighted by atomic mass is 16.4. The van der Waals surface area contributed by atoms with Gasteiger partial charge in [0.15, 0.2) is 5.96 Å². The van der Waals surface area contributed by atoms with Gasteiger partial charge in [-0.2, -0.15) is 0 Å². The zero-order chi connectivity index (χ0) is 72.6. The third-order valence-electron chi connectivity index (χ3n) is 16.5. The molecule has 20 N–H and O–H groups in total. The molecule has 32 heteroatoms. The molecular weight excluding hydrogens is 1290 g/mol. The first-order valence-electron chi connectivity index (χ1n) is 32.7. The van der Waals surface area contributed by atoms with Gasteiger partial charge in [0.1, 0.15) is 60.1 Å². The summed E-state index contributed by atoms with van der Waals surface area (Å²) in [6.07, 6.45) is 4.89. The standard InChI is InChI=1S/C66H83N17O13.C2H4O2/c1-36(2)25-48(58(89)76-47(13-7-23-71-66(68)69)65(96)83-24-8-14-54(83)64(95)73-33-55(67)86)77-60(91)50(28-38-15-18-39-9-3-4-10-40(39)26-38)78-59(90)49(27-37-16-19-43(85)20-17-37)79-63(94)53(34-84)82-61(92)51(29-41-31-72-45-12-6-5-11-44(41)45)80-62(93)52(30-42-32-70-35-74-42)81-57(88)46-21-22-56(87)75-46;1-2(3)4/h3-6,9-12,15-20,26,31-32,35-36,46-54,72,84-85H,7-8,13-14,21-25,27-30,33-34H2,1-2H3,(H2,67,86)(H,70,74)(H,73,95)(H,75,87)(H,76,89)(H,77,91)(H,78,90)(H,79,94)(H,80,93)(H,81,88)(H,82,92)(H4,68,69,71);1H3,(H,3,4)/t46?,47?,48?,49?,50-,51+,52?,53?,54?;/m1./s1. The average molecular weight is 1380 g/mol. The lowest BCUT2D eigenvalue weighted by Crippen LogP contribution is -2.61. The van der Waals surface area contributed by atoms with Crippen molar-refractivity contribution in [2.45, 2.75) is 146 Å². The monoisotopic (exact) mass is 1380 g/mol. The zero-order valence-corrected chi connectivity index (χ0v) is 55.6. The van der Waals surface area contributed by atoms with E-state index >= 15 is 9.59 Å². The van der Waals surface area contributed by atoms with Crippen molar-refractivity contribution in [3.05, 3.63) is 132 Å². The number of phenols is 1. The Morgan fingerprint density at radius 1 is 0.660 bits per heavy atom. The van der Waals surface area contributed by atoms with E-state index in [-0.39, 0.29) is 101 Å². The molecule has 534 valence electrons. The number of aliphatic carboxylic acids is 1. The minimum absolute atomic E-state index is 0.00766. The Morgan fingerprint density at radius 3 is 1.84 bits per heavy atom. The van der Waals surface area contributed by atoms with E-state index in [9.17, 15) is 53.4 Å². The van der Waals surface area contributed by atoms with E-state index in [4.69, 9.17) is 27.1 Å². The summed E-state index contributed by atoms with van der Waals surface area (Å²) in [6.45, 7) is 3.42. The summed E-state index contributed by atoms with van der Waals surface area (Å²) >= 11 is 0. The molecule has 32 nitrogen and oxygen atoms in total. The number of amides is 11. The van der Waals surface area contributed by atoms with Crippen LogP contribution in [0.5, 0.6) is 5.75 Å². The molecule has 0 bridgehead atoms. The number of fused-ring (bicyclic) bond motifs is 2. The first kappa shape index (κ1) is 75.9. The molecule has 2 aliphatic rings. The fourth-order valence-corrected chi connectivity index (χ4v) is 11.6. The highest BCUT2D eigenvalue weighted by Crippen LogP contribution is 2.23. The minimum atomic E-state index is -1.80. The maximum Gasteiger partial charge on any atom is 0.300 e. The molecule has 0 aliphatic carbocycles. The van der Waals surface area contributed by atoms with Gasteiger partial charge >= 0.3 is 0 Å². The van der Waals surface area contributed by atoms with Gasteiger partial charge in [0, 0.05) is 81.1 Å². The molecule has 11 amide bonds. The molecule has 2 fully saturated rings. The number of primary amides is 1. The predicted octanol–water partition coefficient (Wildman–Crippen LogP) is -1.53. The molecule has 0 saturated carbocycles. The second-order valence-electron chi connectivity index (χ2n) is 24.8. The van der Waals surface area contributed by atoms with Crippen LogP contribution in [-0.4, -0.2) is 193 Å². The molecule has 4 aromatic carbocycles. The number of hydrogen-bond donors (Lipinski definition) is 17. The Hall–Kier alpha value is -11.4. The van der Waals surface area contributed by atoms with Gasteiger partial charge in [-0.3, -0.25) is 62.5 Å². The van der Waals surface area contributed by atoms with Gasteiger partial charge in [0.2, 0.25) is 65.0 Å². The average Bonchev–Trinajstić information content (AvgIpc) is 1.53. The topological polar surface area (TPSA) is 512 Å². The van der Waals surface area contributed by atoms with Crippen molar-refractivity contribution in [1.29, 1.82) is 0 Å². The summed E-state index contributed by atoms with van der Waals surface area (Å²) in [6, 6.07) is 13.5. The Labute approximate surface area is 575 Å². The van der Waals surface area contributed by atoms with E-state index in [1.165, 1.54) is 41.7 Å². The molecule has 2 saturated heterocycles. The van der Waals surface area contributed by atoms with E-state index in [2.05, 4.69) is 67.8 Å². The summed E-state index contributed by atoms with van der Waals surface area (Å²) in [4.78, 5) is 178. The number of imidazole rings is 1. The first-order valence-corrected chi connectivity index (χ1v) is 32.7. The maximum absolute atomic E-state index is 15.1. The number of rotatable bonds is 33. The van der Waals surface area contributed by atoms with Crippen molar-refractivity contribution in [3.63, 3.8) is 0 Å². The number of carbonyl (C=O) groups excluding carboxylic acids is 11. The third-order valence-corrected chi connectivity index (χ3v) is 16.5. The number of nitrogens with two attached hydrogens (primary N) is 3. The lowest BCUT2D eigenvalue weighted by atomic mass is 9.98. The number of nitrogens with one attached hydrogen (secondary N) is 11. The molecule has 4 heterocycles. The van der Waals surface area contributed by atoms with Crippen molar-refractivity contribution in [2.24, 2.45) is 28.1 Å². The van der Waals surface area contributed by atoms with Crippen LogP contribution in [0.2, 0.25) is 0 Å². The number of nitrogens with zero attached hydrogens (tertiary/aromatic N) is 3. The molecular formula is C68H87N17O15. The van der Waals surface area contributed by atoms with E-state index in [1.54, 1.807) is 50.4 Å². The number of para-hydroxylation sites is 1. The van der Waals surface area contributed by atoms with Crippen LogP contribution < -0.4 is 65.1 Å². The lowest BCUT2D eigenvalue weighted by Gasteiger charge is -2.30. The van der Waals surface area contributed by atoms with E-state index < -0.39 is 133 Å². The Balaban J connectivity index is 0.00000342. The largest absolute Gasteiger partial charge is 0.508 e. The smallest absolute Gasteiger partial charge is 0.300 e. The molecule has 2 aromatic heterocycles. The van der Waals surface area contributed by atoms with Crippen LogP contribution in [0.3, 0.4) is 0 Å². The number of aliphatic hydroxyl groups is 1. The Kier molecular flexibility index (Phi) is 27.9. The zero-order valence-electron chi connectivity index (χ0n) is 55.6. The van der Waals surface area contributed by atoms with Crippen molar-refractivity contribution in [3.8, 4) is 5.75 Å². The summed E-state index contributed by atoms with van der Waals surface area (Å²) in [7, 11) is 0. The van der Waals surface area contributed by atoms with Gasteiger partial charge in [-0.05, 0) is 90.1 Å². The Morgan fingerprint density at radius 2 is 1.23 bits per heavy atom. The van der Waals surface area contributed by atoms with Gasteiger partial charge in [0.25, 0.3) is 5.97 Å². The van der Waals surface area contributed by atoms with Gasteiger partial charge in [-0.25, -0.2) is 4.98 Å². The number of aliphatic hydroxyl groups excluding tert-OH is 1. The summed E-state index contributed by atoms with van der Waals surface area (Å²) in [5.41, 5.74) is 19.1. The number of carbonyl (C=O) groups is 12. The SMILES string of the molecule is CC(=O)O.CC(C)CC(NC(=O)[C@@H](Cc1ccc2ccccc2c1)NC(=O)C(Cc1ccc(O)cc1)NC(=O)C(CO)NC(=O)[C@H](Cc1c[nH]c2ccccc12)NC(=O)C(Cc1cnc[nH]1)NC(=O)C1CCC(=O)N1)C(=O)NC(CCCN=C(N)N)C(=O)N1CCCC1C(=O)NCC(N)=O. The molecule has 0 spiro atoms. The van der Waals surface area contributed by atoms with E-state index in [0.717, 1.165) is 17.7 Å². The molecule has 6 aromatic rings. The third kappa shape index (κ3) is 22.8. The number of hydrogen-bond acceptors (Lipinski definition) is 16. The number of phenolic OH excluding ortho intramolecular Hbond substituents is 1. The van der Waals surface area contributed by atoms with Crippen molar-refractivity contribution >= 4 is 98.6 Å². The molecule has 100 heavy (non-hydrogen) atoms. The number of aromatic amines is 2. The van der Waals surface area contributed by atoms with Crippen LogP contribution in [0, 0.1) is 5.92 Å². The van der Waals surface area contributed by atoms with Crippen LogP contribution in [0.4, 0.5) is 0 Å². The fourth-order valence-electron chi connectivity index (χ4n) is 11.6. The molecule has 0 radical (unpaired) electrons. The predicted molar refractivity (Wildman–Crippen MR) is 365 cm³/mol. The summed E-state index contributed by atoms with van der Waals surface area (Å²) in [5.74, 6) is -9.85. The summed E-state index contributed by atoms with van der Waals surface area (Å²) < 4.78 is 0. The fraction of sp³-hybridized carbons (Fsp3) is 0.412. The summed E-state index contributed by atoms with van der Waals surface area (Å²) in [5, 5.41) is 55.0. The number of aromatic nitrogens is 3. The van der Waals surface area contributed by atoms with Gasteiger partial charge < -0.3 is 95.2 Å². The van der Waals surface area contributed by atoms with Gasteiger partial charge in [-0.1, -0.05) is 86.6 Å². The number of aromatic hydroxyl groups is 1. The van der Waals surface area contributed by atoms with Crippen molar-refractivity contribution < 1.29 is 72.9 Å². The van der Waals surface area contributed by atoms with Crippen LogP contribution in [0.25, 0.3) is 21.7 Å². The Bertz CT molecular complexity index is 3910. The van der Waals surface area contributed by atoms with Crippen molar-refractivity contribution in [2.75, 3.05) is 26.2 Å². The second-order valence-corrected chi connectivity index (χ2v) is 24.8. The highest BCUT2D eigenvalue weighted by Gasteiger charge is 2.40.